The summed E-state index contributed by atoms with van der Waals surface area (Å²) in [7, 11) is 0. The third-order valence-corrected chi connectivity index (χ3v) is 2.46. The van der Waals surface area contributed by atoms with E-state index in [2.05, 4.69) is 6.08 Å². The van der Waals surface area contributed by atoms with Crippen molar-refractivity contribution in [3.05, 3.63) is 35.4 Å². The van der Waals surface area contributed by atoms with Crippen LogP contribution in [0.3, 0.4) is 0 Å². The van der Waals surface area contributed by atoms with Crippen LogP contribution in [0.15, 0.2) is 24.3 Å². The zero-order valence-corrected chi connectivity index (χ0v) is 7.46. The van der Waals surface area contributed by atoms with E-state index >= 15 is 0 Å². The molecule has 0 atom stereocenters. The van der Waals surface area contributed by atoms with Gasteiger partial charge in [-0.25, -0.2) is 0 Å². The van der Waals surface area contributed by atoms with Gasteiger partial charge >= 0.3 is 0 Å². The minimum absolute atomic E-state index is 0.403. The maximum Gasteiger partial charge on any atom is 0.119 e. The Morgan fingerprint density at radius 1 is 1.38 bits per heavy atom. The molecule has 2 rings (SSSR count). The lowest BCUT2D eigenvalue weighted by atomic mass is 10.0. The summed E-state index contributed by atoms with van der Waals surface area (Å²) >= 11 is 0. The molecule has 0 fully saturated rings. The Morgan fingerprint density at radius 2 is 2.23 bits per heavy atom. The zero-order chi connectivity index (χ0) is 9.26. The quantitative estimate of drug-likeness (QED) is 0.718. The second-order valence-corrected chi connectivity index (χ2v) is 3.28. The molecule has 2 nitrogen and oxygen atoms in total. The lowest BCUT2D eigenvalue weighted by Gasteiger charge is -2.05. The van der Waals surface area contributed by atoms with Crippen LogP contribution in [0.5, 0.6) is 5.75 Å². The van der Waals surface area contributed by atoms with Crippen molar-refractivity contribution in [1.82, 2.24) is 0 Å². The highest BCUT2D eigenvalue weighted by Gasteiger charge is 2.15. The minimum atomic E-state index is 0.403. The first-order chi connectivity index (χ1) is 6.33. The van der Waals surface area contributed by atoms with Crippen LogP contribution in [0, 0.1) is 0 Å². The highest BCUT2D eigenvalue weighted by molar-refractivity contribution is 5.75. The molecule has 0 bridgehead atoms. The van der Waals surface area contributed by atoms with Crippen molar-refractivity contribution < 1.29 is 5.11 Å². The van der Waals surface area contributed by atoms with Crippen molar-refractivity contribution in [2.75, 3.05) is 6.54 Å². The fourth-order valence-electron chi connectivity index (χ4n) is 1.82. The number of nitrogens with two attached hydrogens (primary N) is 1. The van der Waals surface area contributed by atoms with Crippen molar-refractivity contribution >= 4 is 5.57 Å². The van der Waals surface area contributed by atoms with Gasteiger partial charge in [0.05, 0.1) is 0 Å². The Bertz CT molecular complexity index is 355. The Hall–Kier alpha value is -1.28. The van der Waals surface area contributed by atoms with E-state index in [4.69, 9.17) is 5.73 Å². The Kier molecular flexibility index (Phi) is 2.07. The number of hydrogen-bond acceptors (Lipinski definition) is 2. The number of allylic oxidation sites excluding steroid dienone is 1. The first-order valence-electron chi connectivity index (χ1n) is 4.53. The number of fused-ring (bicyclic) bond motifs is 1. The molecule has 0 radical (unpaired) electrons. The lowest BCUT2D eigenvalue weighted by Crippen LogP contribution is -1.99. The average molecular weight is 175 g/mol. The van der Waals surface area contributed by atoms with Gasteiger partial charge in [-0.3, -0.25) is 0 Å². The molecule has 3 N–H and O–H groups in total. The molecule has 0 aromatic heterocycles. The topological polar surface area (TPSA) is 46.2 Å². The molecule has 1 aromatic carbocycles. The average Bonchev–Trinajstić information content (AvgIpc) is 2.51. The number of aromatic hydroxyl groups is 1. The molecular weight excluding hydrogens is 162 g/mol. The third-order valence-electron chi connectivity index (χ3n) is 2.46. The summed E-state index contributed by atoms with van der Waals surface area (Å²) in [6.45, 7) is 0.668. The van der Waals surface area contributed by atoms with Gasteiger partial charge in [0.1, 0.15) is 5.75 Å². The van der Waals surface area contributed by atoms with Gasteiger partial charge in [0.25, 0.3) is 0 Å². The first kappa shape index (κ1) is 8.32. The van der Waals surface area contributed by atoms with Crippen LogP contribution in [0.1, 0.15) is 17.5 Å². The smallest absolute Gasteiger partial charge is 0.119 e. The van der Waals surface area contributed by atoms with E-state index < -0.39 is 0 Å². The number of phenolic OH excluding ortho intramolecular Hbond substituents is 1. The maximum atomic E-state index is 9.55. The Morgan fingerprint density at radius 3 is 3.00 bits per heavy atom. The number of rotatable bonds is 2. The van der Waals surface area contributed by atoms with E-state index in [9.17, 15) is 5.11 Å². The summed E-state index contributed by atoms with van der Waals surface area (Å²) in [6.07, 6.45) is 3.89. The van der Waals surface area contributed by atoms with Gasteiger partial charge in [-0.05, 0) is 36.6 Å². The Labute approximate surface area is 77.7 Å². The van der Waals surface area contributed by atoms with Gasteiger partial charge in [0.2, 0.25) is 0 Å². The van der Waals surface area contributed by atoms with Crippen LogP contribution >= 0.6 is 0 Å². The van der Waals surface area contributed by atoms with E-state index in [0.717, 1.165) is 18.4 Å². The molecule has 0 spiro atoms. The summed E-state index contributed by atoms with van der Waals surface area (Å²) in [5.41, 5.74) is 8.99. The monoisotopic (exact) mass is 175 g/mol. The zero-order valence-electron chi connectivity index (χ0n) is 7.46. The predicted molar refractivity (Wildman–Crippen MR) is 53.5 cm³/mol. The van der Waals surface area contributed by atoms with Gasteiger partial charge in [0, 0.05) is 5.56 Å². The maximum absolute atomic E-state index is 9.55. The second-order valence-electron chi connectivity index (χ2n) is 3.28. The Balaban J connectivity index is 2.39. The molecule has 2 heteroatoms. The second kappa shape index (κ2) is 3.23. The lowest BCUT2D eigenvalue weighted by molar-refractivity contribution is 0.470. The molecule has 0 saturated heterocycles. The molecule has 0 heterocycles. The van der Waals surface area contributed by atoms with Crippen LogP contribution in [-0.4, -0.2) is 11.7 Å². The summed E-state index contributed by atoms with van der Waals surface area (Å²) in [4.78, 5) is 0. The number of hydrogen-bond donors (Lipinski definition) is 2. The molecule has 0 unspecified atom stereocenters. The summed E-state index contributed by atoms with van der Waals surface area (Å²) in [5.74, 6) is 0.403. The van der Waals surface area contributed by atoms with Gasteiger partial charge in [-0.15, -0.1) is 0 Å². The predicted octanol–water partition coefficient (Wildman–Crippen LogP) is 1.68. The first-order valence-corrected chi connectivity index (χ1v) is 4.53. The highest BCUT2D eigenvalue weighted by Crippen LogP contribution is 2.34. The van der Waals surface area contributed by atoms with Gasteiger partial charge in [-0.1, -0.05) is 18.2 Å². The fourth-order valence-corrected chi connectivity index (χ4v) is 1.82. The molecule has 0 saturated carbocycles. The van der Waals surface area contributed by atoms with Gasteiger partial charge < -0.3 is 10.8 Å². The van der Waals surface area contributed by atoms with Crippen LogP contribution in [0.2, 0.25) is 0 Å². The van der Waals surface area contributed by atoms with Crippen LogP contribution in [0.4, 0.5) is 0 Å². The fraction of sp³-hybridized carbons (Fsp3) is 0.273. The van der Waals surface area contributed by atoms with Crippen LogP contribution < -0.4 is 5.73 Å². The molecule has 0 aliphatic heterocycles. The van der Waals surface area contributed by atoms with E-state index in [-0.39, 0.29) is 0 Å². The van der Waals surface area contributed by atoms with Gasteiger partial charge in [-0.2, -0.15) is 0 Å². The normalized spacial score (nSPS) is 14.1. The van der Waals surface area contributed by atoms with E-state index in [1.165, 1.54) is 11.1 Å². The van der Waals surface area contributed by atoms with Crippen molar-refractivity contribution in [2.45, 2.75) is 12.8 Å². The van der Waals surface area contributed by atoms with Crippen molar-refractivity contribution in [3.8, 4) is 5.75 Å². The summed E-state index contributed by atoms with van der Waals surface area (Å²) in [6, 6.07) is 5.66. The number of benzene rings is 1. The van der Waals surface area contributed by atoms with Crippen LogP contribution in [-0.2, 0) is 6.42 Å². The van der Waals surface area contributed by atoms with E-state index in [1.54, 1.807) is 6.07 Å². The molecule has 1 aliphatic carbocycles. The molecule has 0 amide bonds. The molecule has 1 aliphatic rings. The van der Waals surface area contributed by atoms with Crippen LogP contribution in [0.25, 0.3) is 5.57 Å². The standard InChI is InChI=1S/C11H13NO/c12-7-6-8-4-5-10-9(8)2-1-3-11(10)13/h1-4,13H,5-7,12H2. The van der Waals surface area contributed by atoms with E-state index in [1.807, 2.05) is 12.1 Å². The molecular formula is C11H13NO. The molecule has 1 aromatic rings. The van der Waals surface area contributed by atoms with Crippen molar-refractivity contribution in [1.29, 1.82) is 0 Å². The van der Waals surface area contributed by atoms with Gasteiger partial charge in [0.15, 0.2) is 0 Å². The molecule has 13 heavy (non-hydrogen) atoms. The SMILES string of the molecule is NCCC1=CCc2c(O)cccc21. The molecule has 68 valence electrons. The number of phenols is 1. The highest BCUT2D eigenvalue weighted by atomic mass is 16.3. The summed E-state index contributed by atoms with van der Waals surface area (Å²) < 4.78 is 0. The van der Waals surface area contributed by atoms with E-state index in [0.29, 0.717) is 12.3 Å². The van der Waals surface area contributed by atoms with Crippen molar-refractivity contribution in [3.63, 3.8) is 0 Å². The minimum Gasteiger partial charge on any atom is -0.508 e. The summed E-state index contributed by atoms with van der Waals surface area (Å²) in [5, 5.41) is 9.55. The third kappa shape index (κ3) is 1.33. The largest absolute Gasteiger partial charge is 0.508 e. The van der Waals surface area contributed by atoms with Crippen molar-refractivity contribution in [2.24, 2.45) is 5.73 Å².